The van der Waals surface area contributed by atoms with Crippen LogP contribution in [0.4, 0.5) is 5.69 Å². The summed E-state index contributed by atoms with van der Waals surface area (Å²) >= 11 is 5.99. The molecule has 7 heteroatoms. The maximum Gasteiger partial charge on any atom is 0.278 e. The van der Waals surface area contributed by atoms with Crippen molar-refractivity contribution in [3.8, 4) is 11.3 Å². The van der Waals surface area contributed by atoms with Gasteiger partial charge in [0.2, 0.25) is 0 Å². The van der Waals surface area contributed by atoms with Crippen molar-refractivity contribution in [2.45, 2.75) is 6.92 Å². The Labute approximate surface area is 148 Å². The van der Waals surface area contributed by atoms with Gasteiger partial charge in [0.1, 0.15) is 17.2 Å². The molecule has 0 bridgehead atoms. The summed E-state index contributed by atoms with van der Waals surface area (Å²) in [6.07, 6.45) is 3.18. The molecule has 0 saturated carbocycles. The van der Waals surface area contributed by atoms with Crippen molar-refractivity contribution >= 4 is 28.8 Å². The second kappa shape index (κ2) is 6.07. The number of benzene rings is 1. The summed E-state index contributed by atoms with van der Waals surface area (Å²) in [5.41, 5.74) is 3.08. The molecule has 124 valence electrons. The second-order valence-electron chi connectivity index (χ2n) is 5.52. The Morgan fingerprint density at radius 3 is 2.76 bits per heavy atom. The zero-order chi connectivity index (χ0) is 17.4. The lowest BCUT2D eigenvalue weighted by Crippen LogP contribution is -2.13. The second-order valence-corrected chi connectivity index (χ2v) is 5.90. The number of fused-ring (bicyclic) bond motifs is 1. The predicted octanol–water partition coefficient (Wildman–Crippen LogP) is 4.20. The average molecular weight is 353 g/mol. The number of nitrogens with one attached hydrogen (secondary N) is 1. The number of aromatic nitrogens is 3. The first-order chi connectivity index (χ1) is 12.1. The van der Waals surface area contributed by atoms with Crippen LogP contribution in [-0.4, -0.2) is 20.3 Å². The molecular formula is C18H13ClN4O2. The van der Waals surface area contributed by atoms with E-state index in [1.165, 1.54) is 0 Å². The Balaban J connectivity index is 1.60. The molecule has 0 atom stereocenters. The highest BCUT2D eigenvalue weighted by molar-refractivity contribution is 6.29. The van der Waals surface area contributed by atoms with Gasteiger partial charge in [-0.1, -0.05) is 11.6 Å². The van der Waals surface area contributed by atoms with Crippen molar-refractivity contribution in [3.05, 3.63) is 71.6 Å². The molecule has 0 aliphatic carbocycles. The number of halogens is 1. The van der Waals surface area contributed by atoms with Gasteiger partial charge in [0.15, 0.2) is 11.3 Å². The third kappa shape index (κ3) is 2.88. The van der Waals surface area contributed by atoms with E-state index in [2.05, 4.69) is 15.3 Å². The Morgan fingerprint density at radius 2 is 2.04 bits per heavy atom. The van der Waals surface area contributed by atoms with E-state index in [1.807, 2.05) is 31.2 Å². The Hall–Kier alpha value is -3.12. The van der Waals surface area contributed by atoms with E-state index in [9.17, 15) is 4.79 Å². The minimum atomic E-state index is -0.345. The van der Waals surface area contributed by atoms with Crippen LogP contribution in [0, 0.1) is 6.92 Å². The number of furan rings is 1. The fourth-order valence-corrected chi connectivity index (χ4v) is 2.83. The first-order valence-corrected chi connectivity index (χ1v) is 7.95. The van der Waals surface area contributed by atoms with E-state index < -0.39 is 0 Å². The number of nitrogens with zero attached hydrogens (tertiary/aromatic N) is 3. The van der Waals surface area contributed by atoms with E-state index in [0.717, 1.165) is 17.0 Å². The molecule has 0 radical (unpaired) electrons. The van der Waals surface area contributed by atoms with Crippen LogP contribution in [0.25, 0.3) is 17.0 Å². The highest BCUT2D eigenvalue weighted by atomic mass is 35.5. The van der Waals surface area contributed by atoms with E-state index in [0.29, 0.717) is 16.5 Å². The largest absolute Gasteiger partial charge is 0.464 e. The number of rotatable bonds is 3. The molecule has 1 N–H and O–H groups in total. The molecule has 0 fully saturated rings. The van der Waals surface area contributed by atoms with Crippen molar-refractivity contribution in [2.75, 3.05) is 5.32 Å². The first kappa shape index (κ1) is 15.4. The number of carbonyl (C=O) groups is 1. The minimum absolute atomic E-state index is 0.223. The number of imidazole rings is 1. The standard InChI is InChI=1S/C18H13ClN4O2/c1-11-9-15(19)22-17-16(20-10-23(11)17)18(24)21-13-6-4-12(5-7-13)14-3-2-8-25-14/h2-10H,1H3,(H,21,24). The van der Waals surface area contributed by atoms with Crippen molar-refractivity contribution in [1.29, 1.82) is 0 Å². The summed E-state index contributed by atoms with van der Waals surface area (Å²) in [5, 5.41) is 3.14. The lowest BCUT2D eigenvalue weighted by Gasteiger charge is -2.05. The van der Waals surface area contributed by atoms with Gasteiger partial charge in [-0.15, -0.1) is 0 Å². The molecule has 3 aromatic heterocycles. The average Bonchev–Trinajstić information content (AvgIpc) is 3.25. The highest BCUT2D eigenvalue weighted by Gasteiger charge is 2.16. The summed E-state index contributed by atoms with van der Waals surface area (Å²) in [5.74, 6) is 0.426. The number of anilines is 1. The number of hydrogen-bond acceptors (Lipinski definition) is 4. The minimum Gasteiger partial charge on any atom is -0.464 e. The van der Waals surface area contributed by atoms with Crippen molar-refractivity contribution in [1.82, 2.24) is 14.4 Å². The summed E-state index contributed by atoms with van der Waals surface area (Å²) in [4.78, 5) is 20.9. The molecule has 0 unspecified atom stereocenters. The van der Waals surface area contributed by atoms with Crippen LogP contribution in [0.1, 0.15) is 16.2 Å². The van der Waals surface area contributed by atoms with Crippen LogP contribution in [0.2, 0.25) is 5.15 Å². The fourth-order valence-electron chi connectivity index (χ4n) is 2.59. The lowest BCUT2D eigenvalue weighted by atomic mass is 10.1. The molecule has 1 aromatic carbocycles. The van der Waals surface area contributed by atoms with E-state index in [1.54, 1.807) is 35.2 Å². The lowest BCUT2D eigenvalue weighted by molar-refractivity contribution is 0.102. The maximum absolute atomic E-state index is 12.5. The molecule has 3 heterocycles. The molecule has 25 heavy (non-hydrogen) atoms. The maximum atomic E-state index is 12.5. The van der Waals surface area contributed by atoms with Gasteiger partial charge in [-0.2, -0.15) is 0 Å². The van der Waals surface area contributed by atoms with Gasteiger partial charge in [0.05, 0.1) is 6.26 Å². The summed E-state index contributed by atoms with van der Waals surface area (Å²) < 4.78 is 7.07. The van der Waals surface area contributed by atoms with Gasteiger partial charge in [0.25, 0.3) is 5.91 Å². The molecule has 0 spiro atoms. The monoisotopic (exact) mass is 352 g/mol. The molecule has 4 aromatic rings. The number of hydrogen-bond donors (Lipinski definition) is 1. The van der Waals surface area contributed by atoms with Crippen LogP contribution in [0.5, 0.6) is 0 Å². The molecule has 0 aliphatic heterocycles. The van der Waals surface area contributed by atoms with Gasteiger partial charge in [-0.05, 0) is 49.4 Å². The molecular weight excluding hydrogens is 340 g/mol. The number of carbonyl (C=O) groups excluding carboxylic acids is 1. The number of amides is 1. The van der Waals surface area contributed by atoms with Gasteiger partial charge in [-0.3, -0.25) is 9.20 Å². The fraction of sp³-hybridized carbons (Fsp3) is 0.0556. The van der Waals surface area contributed by atoms with E-state index >= 15 is 0 Å². The van der Waals surface area contributed by atoms with Crippen molar-refractivity contribution in [3.63, 3.8) is 0 Å². The van der Waals surface area contributed by atoms with Crippen LogP contribution in [0.3, 0.4) is 0 Å². The Morgan fingerprint density at radius 1 is 1.24 bits per heavy atom. The van der Waals surface area contributed by atoms with Gasteiger partial charge in [0, 0.05) is 16.9 Å². The zero-order valence-corrected chi connectivity index (χ0v) is 14.0. The van der Waals surface area contributed by atoms with Gasteiger partial charge >= 0.3 is 0 Å². The smallest absolute Gasteiger partial charge is 0.278 e. The normalized spacial score (nSPS) is 11.0. The molecule has 0 saturated heterocycles. The summed E-state index contributed by atoms with van der Waals surface area (Å²) in [7, 11) is 0. The predicted molar refractivity (Wildman–Crippen MR) is 94.8 cm³/mol. The van der Waals surface area contributed by atoms with Crippen LogP contribution >= 0.6 is 11.6 Å². The SMILES string of the molecule is Cc1cc(Cl)nc2c(C(=O)Nc3ccc(-c4ccco4)cc3)ncn12. The Kier molecular flexibility index (Phi) is 3.74. The quantitative estimate of drug-likeness (QED) is 0.561. The zero-order valence-electron chi connectivity index (χ0n) is 13.2. The molecule has 6 nitrogen and oxygen atoms in total. The van der Waals surface area contributed by atoms with Gasteiger partial charge < -0.3 is 9.73 Å². The Bertz CT molecular complexity index is 1050. The topological polar surface area (TPSA) is 72.4 Å². The van der Waals surface area contributed by atoms with Crippen LogP contribution in [0.15, 0.2) is 59.5 Å². The first-order valence-electron chi connectivity index (χ1n) is 7.57. The van der Waals surface area contributed by atoms with Crippen molar-refractivity contribution in [2.24, 2.45) is 0 Å². The highest BCUT2D eigenvalue weighted by Crippen LogP contribution is 2.22. The molecule has 0 aliphatic rings. The third-order valence-corrected chi connectivity index (χ3v) is 4.02. The summed E-state index contributed by atoms with van der Waals surface area (Å²) in [6.45, 7) is 1.87. The van der Waals surface area contributed by atoms with Crippen molar-refractivity contribution < 1.29 is 9.21 Å². The number of aryl methyl sites for hydroxylation is 1. The van der Waals surface area contributed by atoms with Crippen LogP contribution < -0.4 is 5.32 Å². The van der Waals surface area contributed by atoms with E-state index in [-0.39, 0.29) is 11.6 Å². The van der Waals surface area contributed by atoms with Gasteiger partial charge in [-0.25, -0.2) is 9.97 Å². The van der Waals surface area contributed by atoms with E-state index in [4.69, 9.17) is 16.0 Å². The third-order valence-electron chi connectivity index (χ3n) is 3.83. The van der Waals surface area contributed by atoms with Crippen LogP contribution in [-0.2, 0) is 0 Å². The summed E-state index contributed by atoms with van der Waals surface area (Å²) in [6, 6.07) is 12.8. The molecule has 1 amide bonds. The molecule has 4 rings (SSSR count).